The van der Waals surface area contributed by atoms with Gasteiger partial charge < -0.3 is 10.6 Å². The van der Waals surface area contributed by atoms with E-state index in [2.05, 4.69) is 10.6 Å². The molecule has 0 fully saturated rings. The predicted molar refractivity (Wildman–Crippen MR) is 83.8 cm³/mol. The molecule has 21 heavy (non-hydrogen) atoms. The second kappa shape index (κ2) is 6.36. The fourth-order valence-electron chi connectivity index (χ4n) is 1.90. The van der Waals surface area contributed by atoms with E-state index in [4.69, 9.17) is 0 Å². The molecule has 1 heterocycles. The van der Waals surface area contributed by atoms with Crippen LogP contribution in [0.3, 0.4) is 0 Å². The van der Waals surface area contributed by atoms with Gasteiger partial charge >= 0.3 is 0 Å². The van der Waals surface area contributed by atoms with Crippen molar-refractivity contribution < 1.29 is 9.72 Å². The molecule has 0 saturated heterocycles. The number of hydrogen-bond acceptors (Lipinski definition) is 5. The maximum absolute atomic E-state index is 11.1. The van der Waals surface area contributed by atoms with Crippen molar-refractivity contribution in [1.82, 2.24) is 0 Å². The third-order valence-electron chi connectivity index (χ3n) is 2.84. The van der Waals surface area contributed by atoms with Crippen LogP contribution in [0.5, 0.6) is 0 Å². The summed E-state index contributed by atoms with van der Waals surface area (Å²) < 4.78 is 0. The van der Waals surface area contributed by atoms with Gasteiger partial charge in [0.05, 0.1) is 17.2 Å². The molecular weight excluding hydrogens is 290 g/mol. The molecule has 6 nitrogen and oxygen atoms in total. The highest BCUT2D eigenvalue weighted by atomic mass is 32.1. The molecule has 0 aliphatic heterocycles. The number of hydrogen-bond donors (Lipinski definition) is 2. The fraction of sp³-hybridized carbons (Fsp3) is 0.214. The van der Waals surface area contributed by atoms with Crippen molar-refractivity contribution in [2.75, 3.05) is 10.6 Å². The van der Waals surface area contributed by atoms with Crippen LogP contribution < -0.4 is 10.6 Å². The SMILES string of the molecule is CC(=O)Nc1ccsc1CNc1cc(C)ccc1[N+](=O)[O-]. The van der Waals surface area contributed by atoms with Gasteiger partial charge in [0.2, 0.25) is 5.91 Å². The average Bonchev–Trinajstić information content (AvgIpc) is 2.82. The van der Waals surface area contributed by atoms with Gasteiger partial charge in [-0.25, -0.2) is 0 Å². The second-order valence-corrected chi connectivity index (χ2v) is 5.57. The van der Waals surface area contributed by atoms with Gasteiger partial charge in [-0.05, 0) is 30.0 Å². The molecule has 2 aromatic rings. The van der Waals surface area contributed by atoms with Crippen LogP contribution in [0.25, 0.3) is 0 Å². The Morgan fingerprint density at radius 1 is 1.33 bits per heavy atom. The van der Waals surface area contributed by atoms with Gasteiger partial charge in [-0.1, -0.05) is 6.07 Å². The zero-order chi connectivity index (χ0) is 15.4. The summed E-state index contributed by atoms with van der Waals surface area (Å²) in [6, 6.07) is 6.75. The fourth-order valence-corrected chi connectivity index (χ4v) is 2.67. The van der Waals surface area contributed by atoms with Gasteiger partial charge in [-0.2, -0.15) is 0 Å². The van der Waals surface area contributed by atoms with Crippen molar-refractivity contribution in [2.45, 2.75) is 20.4 Å². The van der Waals surface area contributed by atoms with Crippen molar-refractivity contribution in [3.8, 4) is 0 Å². The predicted octanol–water partition coefficient (Wildman–Crippen LogP) is 3.54. The highest BCUT2D eigenvalue weighted by molar-refractivity contribution is 7.10. The van der Waals surface area contributed by atoms with E-state index in [0.717, 1.165) is 16.1 Å². The second-order valence-electron chi connectivity index (χ2n) is 4.57. The summed E-state index contributed by atoms with van der Waals surface area (Å²) in [4.78, 5) is 22.6. The van der Waals surface area contributed by atoms with E-state index in [1.807, 2.05) is 18.4 Å². The minimum atomic E-state index is -0.412. The van der Waals surface area contributed by atoms with E-state index in [1.165, 1.54) is 24.3 Å². The lowest BCUT2D eigenvalue weighted by atomic mass is 10.2. The highest BCUT2D eigenvalue weighted by Crippen LogP contribution is 2.28. The summed E-state index contributed by atoms with van der Waals surface area (Å²) in [6.07, 6.45) is 0. The first kappa shape index (κ1) is 15.0. The molecular formula is C14H15N3O3S. The molecule has 0 radical (unpaired) electrons. The van der Waals surface area contributed by atoms with Gasteiger partial charge in [0.1, 0.15) is 5.69 Å². The maximum Gasteiger partial charge on any atom is 0.292 e. The van der Waals surface area contributed by atoms with Gasteiger partial charge in [-0.15, -0.1) is 11.3 Å². The topological polar surface area (TPSA) is 84.3 Å². The van der Waals surface area contributed by atoms with Crippen LogP contribution in [0.4, 0.5) is 17.1 Å². The van der Waals surface area contributed by atoms with E-state index in [-0.39, 0.29) is 11.6 Å². The van der Waals surface area contributed by atoms with Crippen LogP contribution in [0.2, 0.25) is 0 Å². The summed E-state index contributed by atoms with van der Waals surface area (Å²) in [6.45, 7) is 3.74. The first-order valence-electron chi connectivity index (χ1n) is 6.30. The molecule has 0 aliphatic carbocycles. The Hall–Kier alpha value is -2.41. The summed E-state index contributed by atoms with van der Waals surface area (Å²) in [5.41, 5.74) is 2.19. The third kappa shape index (κ3) is 3.79. The van der Waals surface area contributed by atoms with Crippen LogP contribution in [0.15, 0.2) is 29.6 Å². The number of thiophene rings is 1. The van der Waals surface area contributed by atoms with Crippen LogP contribution in [-0.4, -0.2) is 10.8 Å². The van der Waals surface area contributed by atoms with Gasteiger partial charge in [-0.3, -0.25) is 14.9 Å². The lowest BCUT2D eigenvalue weighted by molar-refractivity contribution is -0.384. The minimum Gasteiger partial charge on any atom is -0.375 e. The Labute approximate surface area is 126 Å². The number of nitro groups is 1. The van der Waals surface area contributed by atoms with E-state index in [9.17, 15) is 14.9 Å². The zero-order valence-corrected chi connectivity index (χ0v) is 12.5. The molecule has 110 valence electrons. The quantitative estimate of drug-likeness (QED) is 0.653. The first-order chi connectivity index (χ1) is 9.97. The smallest absolute Gasteiger partial charge is 0.292 e. The van der Waals surface area contributed by atoms with Gasteiger partial charge in [0, 0.05) is 17.9 Å². The van der Waals surface area contributed by atoms with Crippen molar-refractivity contribution >= 4 is 34.3 Å². The Morgan fingerprint density at radius 2 is 2.10 bits per heavy atom. The third-order valence-corrected chi connectivity index (χ3v) is 3.77. The summed E-state index contributed by atoms with van der Waals surface area (Å²) in [7, 11) is 0. The van der Waals surface area contributed by atoms with Crippen molar-refractivity contribution in [3.63, 3.8) is 0 Å². The summed E-state index contributed by atoms with van der Waals surface area (Å²) in [5.74, 6) is -0.142. The zero-order valence-electron chi connectivity index (χ0n) is 11.7. The van der Waals surface area contributed by atoms with Crippen molar-refractivity contribution in [1.29, 1.82) is 0 Å². The van der Waals surface area contributed by atoms with Crippen LogP contribution in [-0.2, 0) is 11.3 Å². The van der Waals surface area contributed by atoms with Gasteiger partial charge in [0.25, 0.3) is 5.69 Å². The monoisotopic (exact) mass is 305 g/mol. The molecule has 0 spiro atoms. The number of carbonyl (C=O) groups excluding carboxylic acids is 1. The standard InChI is InChI=1S/C14H15N3O3S/c1-9-3-4-13(17(19)20)12(7-9)15-8-14-11(5-6-21-14)16-10(2)18/h3-7,15H,8H2,1-2H3,(H,16,18). The largest absolute Gasteiger partial charge is 0.375 e. The molecule has 1 aromatic heterocycles. The Balaban J connectivity index is 2.17. The normalized spacial score (nSPS) is 10.2. The molecule has 2 N–H and O–H groups in total. The number of aryl methyl sites for hydroxylation is 1. The van der Waals surface area contributed by atoms with E-state index < -0.39 is 4.92 Å². The molecule has 7 heteroatoms. The maximum atomic E-state index is 11.1. The molecule has 0 unspecified atom stereocenters. The number of amides is 1. The van der Waals surface area contributed by atoms with Crippen LogP contribution in [0.1, 0.15) is 17.4 Å². The highest BCUT2D eigenvalue weighted by Gasteiger charge is 2.14. The molecule has 0 bridgehead atoms. The Morgan fingerprint density at radius 3 is 2.76 bits per heavy atom. The Bertz CT molecular complexity index is 682. The number of rotatable bonds is 5. The van der Waals surface area contributed by atoms with Crippen LogP contribution in [0, 0.1) is 17.0 Å². The summed E-state index contributed by atoms with van der Waals surface area (Å²) >= 11 is 1.48. The Kier molecular flexibility index (Phi) is 4.54. The van der Waals surface area contributed by atoms with Crippen LogP contribution >= 0.6 is 11.3 Å². The lowest BCUT2D eigenvalue weighted by Gasteiger charge is -2.09. The molecule has 0 saturated carbocycles. The van der Waals surface area contributed by atoms with Crippen molar-refractivity contribution in [3.05, 3.63) is 50.2 Å². The molecule has 0 atom stereocenters. The number of carbonyl (C=O) groups is 1. The lowest BCUT2D eigenvalue weighted by Crippen LogP contribution is -2.08. The molecule has 1 aromatic carbocycles. The molecule has 0 aliphatic rings. The molecule has 1 amide bonds. The number of nitro benzene ring substituents is 1. The average molecular weight is 305 g/mol. The minimum absolute atomic E-state index is 0.0400. The number of nitrogens with one attached hydrogen (secondary N) is 2. The number of nitrogens with zero attached hydrogens (tertiary/aromatic N) is 1. The summed E-state index contributed by atoms with van der Waals surface area (Å²) in [5, 5.41) is 18.7. The van der Waals surface area contributed by atoms with E-state index in [0.29, 0.717) is 12.2 Å². The van der Waals surface area contributed by atoms with E-state index in [1.54, 1.807) is 12.1 Å². The van der Waals surface area contributed by atoms with E-state index >= 15 is 0 Å². The number of benzene rings is 1. The van der Waals surface area contributed by atoms with Gasteiger partial charge in [0.15, 0.2) is 0 Å². The number of anilines is 2. The first-order valence-corrected chi connectivity index (χ1v) is 7.18. The molecule has 2 rings (SSSR count). The van der Waals surface area contributed by atoms with Crippen molar-refractivity contribution in [2.24, 2.45) is 0 Å².